The number of carbonyl (C=O) groups is 2. The van der Waals surface area contributed by atoms with Gasteiger partial charge >= 0.3 is 11.9 Å². The monoisotopic (exact) mass is 840 g/mol. The first-order valence-electron chi connectivity index (χ1n) is 20.1. The van der Waals surface area contributed by atoms with E-state index in [1.54, 1.807) is 42.5 Å². The Labute approximate surface area is 354 Å². The molecule has 0 amide bonds. The fourth-order valence-corrected chi connectivity index (χ4v) is 9.93. The van der Waals surface area contributed by atoms with Gasteiger partial charge in [0.1, 0.15) is 28.6 Å². The number of fused-ring (bicyclic) bond motifs is 2. The molecule has 0 spiro atoms. The third kappa shape index (κ3) is 8.81. The SMILES string of the molecule is COc1cc(OC)cc(S(=O)(=O)N2CCc3cccc(CCc4ccc(C(=O)Oc5cc(CCc6cccc7c6N(Cc6cccc(F)c6)CC7)ccc5C(=O)O)cc4)c32)c1. The molecule has 8 rings (SSSR count). The molecule has 61 heavy (non-hydrogen) atoms. The molecule has 12 heteroatoms. The molecule has 2 aliphatic rings. The summed E-state index contributed by atoms with van der Waals surface area (Å²) in [5, 5.41) is 9.96. The summed E-state index contributed by atoms with van der Waals surface area (Å²) in [6.07, 6.45) is 3.85. The van der Waals surface area contributed by atoms with E-state index in [0.717, 1.165) is 52.0 Å². The second kappa shape index (κ2) is 17.5. The van der Waals surface area contributed by atoms with Crippen molar-refractivity contribution in [3.63, 3.8) is 0 Å². The second-order valence-corrected chi connectivity index (χ2v) is 17.1. The van der Waals surface area contributed by atoms with Crippen LogP contribution in [-0.2, 0) is 55.1 Å². The van der Waals surface area contributed by atoms with E-state index in [4.69, 9.17) is 14.2 Å². The Morgan fingerprint density at radius 3 is 1.97 bits per heavy atom. The van der Waals surface area contributed by atoms with Gasteiger partial charge in [-0.3, -0.25) is 4.31 Å². The van der Waals surface area contributed by atoms with Crippen LogP contribution in [0.3, 0.4) is 0 Å². The molecule has 0 aromatic heterocycles. The highest BCUT2D eigenvalue weighted by Crippen LogP contribution is 2.39. The van der Waals surface area contributed by atoms with Crippen molar-refractivity contribution in [3.8, 4) is 17.2 Å². The number of halogens is 1. The zero-order valence-corrected chi connectivity index (χ0v) is 34.7. The van der Waals surface area contributed by atoms with Gasteiger partial charge in [0.2, 0.25) is 0 Å². The van der Waals surface area contributed by atoms with Gasteiger partial charge in [-0.05, 0) is 114 Å². The molecule has 0 unspecified atom stereocenters. The zero-order chi connectivity index (χ0) is 42.7. The number of benzene rings is 6. The Bertz CT molecular complexity index is 2710. The minimum Gasteiger partial charge on any atom is -0.497 e. The number of methoxy groups -OCH3 is 2. The molecule has 0 saturated heterocycles. The maximum atomic E-state index is 14.0. The predicted octanol–water partition coefficient (Wildman–Crippen LogP) is 8.64. The summed E-state index contributed by atoms with van der Waals surface area (Å²) < 4.78 is 59.8. The lowest BCUT2D eigenvalue weighted by molar-refractivity contribution is 0.0681. The van der Waals surface area contributed by atoms with Crippen LogP contribution >= 0.6 is 0 Å². The molecule has 1 N–H and O–H groups in total. The number of rotatable bonds is 15. The number of carbonyl (C=O) groups excluding carboxylic acids is 1. The lowest BCUT2D eigenvalue weighted by Crippen LogP contribution is -2.30. The summed E-state index contributed by atoms with van der Waals surface area (Å²) in [6, 6.07) is 35.1. The predicted molar refractivity (Wildman–Crippen MR) is 231 cm³/mol. The number of aryl methyl sites for hydroxylation is 4. The molecule has 0 aliphatic carbocycles. The van der Waals surface area contributed by atoms with Crippen molar-refractivity contribution in [2.24, 2.45) is 0 Å². The first-order chi connectivity index (χ1) is 29.5. The lowest BCUT2D eigenvalue weighted by atomic mass is 9.99. The number of esters is 1. The van der Waals surface area contributed by atoms with Crippen LogP contribution in [0.4, 0.5) is 15.8 Å². The summed E-state index contributed by atoms with van der Waals surface area (Å²) in [6.45, 7) is 1.74. The van der Waals surface area contributed by atoms with Crippen LogP contribution in [0.2, 0.25) is 0 Å². The Morgan fingerprint density at radius 2 is 1.30 bits per heavy atom. The smallest absolute Gasteiger partial charge is 0.343 e. The highest BCUT2D eigenvalue weighted by Gasteiger charge is 2.33. The van der Waals surface area contributed by atoms with Crippen molar-refractivity contribution in [3.05, 3.63) is 177 Å². The molecule has 0 atom stereocenters. The maximum absolute atomic E-state index is 14.0. The summed E-state index contributed by atoms with van der Waals surface area (Å²) in [5.41, 5.74) is 8.83. The normalized spacial score (nSPS) is 13.2. The van der Waals surface area contributed by atoms with Crippen LogP contribution in [0.25, 0.3) is 0 Å². The molecule has 10 nitrogen and oxygen atoms in total. The largest absolute Gasteiger partial charge is 0.497 e. The number of carboxylic acids is 1. The lowest BCUT2D eigenvalue weighted by Gasteiger charge is -2.23. The Hall–Kier alpha value is -6.66. The number of anilines is 2. The third-order valence-electron chi connectivity index (χ3n) is 11.4. The van der Waals surface area contributed by atoms with Gasteiger partial charge in [0, 0.05) is 43.5 Å². The Morgan fingerprint density at radius 1 is 0.672 bits per heavy atom. The number of hydrogen-bond acceptors (Lipinski definition) is 8. The van der Waals surface area contributed by atoms with Gasteiger partial charge in [0.15, 0.2) is 0 Å². The van der Waals surface area contributed by atoms with Gasteiger partial charge in [-0.1, -0.05) is 66.7 Å². The molecule has 6 aromatic rings. The number of sulfonamides is 1. The zero-order valence-electron chi connectivity index (χ0n) is 33.9. The summed E-state index contributed by atoms with van der Waals surface area (Å²) in [5.74, 6) is -1.43. The van der Waals surface area contributed by atoms with Gasteiger partial charge in [-0.25, -0.2) is 22.4 Å². The van der Waals surface area contributed by atoms with Crippen molar-refractivity contribution in [2.45, 2.75) is 50.0 Å². The van der Waals surface area contributed by atoms with Gasteiger partial charge in [0.05, 0.1) is 30.4 Å². The van der Waals surface area contributed by atoms with Crippen LogP contribution in [0.15, 0.2) is 126 Å². The van der Waals surface area contributed by atoms with Crippen molar-refractivity contribution >= 4 is 33.3 Å². The standard InChI is InChI=1S/C49H45FN2O8S/c1-58-41-28-42(59-2)30-43(29-41)61(56,57)52-25-23-38-10-5-8-36(47(38)52)17-12-32-13-19-39(20-14-32)49(55)60-45-27-33(16-21-44(45)48(53)54)15-18-35-7-4-9-37-22-24-51(46(35)37)31-34-6-3-11-40(50)26-34/h3-11,13-14,16,19-21,26-30H,12,15,17-18,22-25,31H2,1-2H3,(H,53,54). The molecule has 2 heterocycles. The van der Waals surface area contributed by atoms with Gasteiger partial charge in [-0.15, -0.1) is 0 Å². The van der Waals surface area contributed by atoms with Crippen LogP contribution in [-0.4, -0.2) is 52.8 Å². The number of para-hydroxylation sites is 2. The fraction of sp³-hybridized carbons (Fsp3) is 0.224. The fourth-order valence-electron chi connectivity index (χ4n) is 8.34. The maximum Gasteiger partial charge on any atom is 0.343 e. The Kier molecular flexibility index (Phi) is 11.8. The van der Waals surface area contributed by atoms with Crippen molar-refractivity contribution in [2.75, 3.05) is 36.5 Å². The molecule has 312 valence electrons. The molecular formula is C49H45FN2O8S. The van der Waals surface area contributed by atoms with Crippen LogP contribution in [0.5, 0.6) is 17.2 Å². The first kappa shape index (κ1) is 41.1. The van der Waals surface area contributed by atoms with Crippen LogP contribution in [0.1, 0.15) is 59.7 Å². The van der Waals surface area contributed by atoms with Gasteiger partial charge in [-0.2, -0.15) is 0 Å². The van der Waals surface area contributed by atoms with Crippen LogP contribution in [0, 0.1) is 5.82 Å². The summed E-state index contributed by atoms with van der Waals surface area (Å²) in [7, 11) is -0.981. The van der Waals surface area contributed by atoms with E-state index in [0.29, 0.717) is 62.4 Å². The average Bonchev–Trinajstić information content (AvgIpc) is 3.90. The molecule has 0 fully saturated rings. The number of aromatic carboxylic acids is 1. The van der Waals surface area contributed by atoms with E-state index >= 15 is 0 Å². The molecule has 6 aromatic carbocycles. The van der Waals surface area contributed by atoms with Crippen molar-refractivity contribution in [1.82, 2.24) is 0 Å². The van der Waals surface area contributed by atoms with E-state index in [1.165, 1.54) is 48.4 Å². The van der Waals surface area contributed by atoms with Gasteiger partial charge in [0.25, 0.3) is 10.0 Å². The third-order valence-corrected chi connectivity index (χ3v) is 13.2. The molecule has 2 aliphatic heterocycles. The topological polar surface area (TPSA) is 123 Å². The highest BCUT2D eigenvalue weighted by atomic mass is 32.2. The Balaban J connectivity index is 0.935. The van der Waals surface area contributed by atoms with E-state index in [1.807, 2.05) is 42.5 Å². The van der Waals surface area contributed by atoms with E-state index in [9.17, 15) is 27.5 Å². The van der Waals surface area contributed by atoms with E-state index in [2.05, 4.69) is 17.0 Å². The van der Waals surface area contributed by atoms with E-state index < -0.39 is 22.0 Å². The molecule has 0 radical (unpaired) electrons. The van der Waals surface area contributed by atoms with Crippen LogP contribution < -0.4 is 23.4 Å². The van der Waals surface area contributed by atoms with Crippen molar-refractivity contribution in [1.29, 1.82) is 0 Å². The summed E-state index contributed by atoms with van der Waals surface area (Å²) >= 11 is 0. The number of hydrogen-bond donors (Lipinski definition) is 1. The molecular weight excluding hydrogens is 796 g/mol. The van der Waals surface area contributed by atoms with Gasteiger partial charge < -0.3 is 24.2 Å². The quantitative estimate of drug-likeness (QED) is 0.0800. The minimum absolute atomic E-state index is 0.0325. The first-order valence-corrected chi connectivity index (χ1v) is 21.6. The van der Waals surface area contributed by atoms with Crippen molar-refractivity contribution < 1.29 is 41.7 Å². The summed E-state index contributed by atoms with van der Waals surface area (Å²) in [4.78, 5) is 28.0. The number of carboxylic acid groups (broad SMARTS) is 1. The molecule has 0 bridgehead atoms. The average molecular weight is 841 g/mol. The molecule has 0 saturated carbocycles. The minimum atomic E-state index is -3.93. The number of ether oxygens (including phenoxy) is 3. The highest BCUT2D eigenvalue weighted by molar-refractivity contribution is 7.92. The van der Waals surface area contributed by atoms with E-state index in [-0.39, 0.29) is 27.6 Å². The number of nitrogens with zero attached hydrogens (tertiary/aromatic N) is 2. The second-order valence-electron chi connectivity index (χ2n) is 15.2.